The highest BCUT2D eigenvalue weighted by Gasteiger charge is 2.34. The molecule has 0 saturated heterocycles. The van der Waals surface area contributed by atoms with Crippen molar-refractivity contribution in [3.05, 3.63) is 29.3 Å². The summed E-state index contributed by atoms with van der Waals surface area (Å²) in [6, 6.07) is 9.39. The van der Waals surface area contributed by atoms with Crippen molar-refractivity contribution in [3.8, 4) is 6.07 Å². The van der Waals surface area contributed by atoms with E-state index in [0.717, 1.165) is 30.3 Å². The molecule has 0 heterocycles. The van der Waals surface area contributed by atoms with E-state index in [1.807, 2.05) is 13.1 Å². The van der Waals surface area contributed by atoms with E-state index in [9.17, 15) is 5.26 Å². The van der Waals surface area contributed by atoms with Crippen LogP contribution in [-0.2, 0) is 6.54 Å². The van der Waals surface area contributed by atoms with E-state index < -0.39 is 0 Å². The van der Waals surface area contributed by atoms with Crippen LogP contribution in [0.3, 0.4) is 0 Å². The van der Waals surface area contributed by atoms with Crippen LogP contribution in [0.5, 0.6) is 0 Å². The molecule has 0 unspecified atom stereocenters. The maximum atomic E-state index is 9.41. The standard InChI is InChI=1S/C16H21N3/c1-18-10-13-4-7-16(14(8-13)9-17)19(15-5-6-15)11-12-2-3-12/h4,7-8,12,15,18H,2-3,5-6,10-11H2,1H3. The molecule has 0 spiro atoms. The number of benzene rings is 1. The highest BCUT2D eigenvalue weighted by molar-refractivity contribution is 5.62. The Morgan fingerprint density at radius 1 is 1.32 bits per heavy atom. The van der Waals surface area contributed by atoms with Crippen LogP contribution in [0, 0.1) is 17.2 Å². The van der Waals surface area contributed by atoms with Gasteiger partial charge in [0.1, 0.15) is 6.07 Å². The van der Waals surface area contributed by atoms with Gasteiger partial charge in [-0.15, -0.1) is 0 Å². The molecule has 100 valence electrons. The molecule has 0 aliphatic heterocycles. The number of nitriles is 1. The average Bonchev–Trinajstić information content (AvgIpc) is 3.28. The Morgan fingerprint density at radius 2 is 2.11 bits per heavy atom. The van der Waals surface area contributed by atoms with Gasteiger partial charge in [-0.2, -0.15) is 5.26 Å². The molecule has 0 amide bonds. The third-order valence-electron chi connectivity index (χ3n) is 4.01. The zero-order valence-corrected chi connectivity index (χ0v) is 11.5. The maximum absolute atomic E-state index is 9.41. The van der Waals surface area contributed by atoms with E-state index in [1.54, 1.807) is 0 Å². The van der Waals surface area contributed by atoms with Crippen molar-refractivity contribution in [3.63, 3.8) is 0 Å². The SMILES string of the molecule is CNCc1ccc(N(CC2CC2)C2CC2)c(C#N)c1. The second kappa shape index (κ2) is 5.22. The first-order chi connectivity index (χ1) is 9.31. The monoisotopic (exact) mass is 255 g/mol. The molecule has 3 nitrogen and oxygen atoms in total. The van der Waals surface area contributed by atoms with Crippen molar-refractivity contribution in [1.29, 1.82) is 5.26 Å². The zero-order valence-electron chi connectivity index (χ0n) is 11.5. The summed E-state index contributed by atoms with van der Waals surface area (Å²) in [5.41, 5.74) is 3.17. The van der Waals surface area contributed by atoms with Gasteiger partial charge in [-0.3, -0.25) is 0 Å². The summed E-state index contributed by atoms with van der Waals surface area (Å²) in [4.78, 5) is 2.49. The molecule has 1 aromatic carbocycles. The smallest absolute Gasteiger partial charge is 0.101 e. The summed E-state index contributed by atoms with van der Waals surface area (Å²) in [6.07, 6.45) is 5.30. The van der Waals surface area contributed by atoms with Crippen LogP contribution in [0.1, 0.15) is 36.8 Å². The van der Waals surface area contributed by atoms with E-state index in [2.05, 4.69) is 28.4 Å². The van der Waals surface area contributed by atoms with Crippen LogP contribution in [0.15, 0.2) is 18.2 Å². The van der Waals surface area contributed by atoms with Gasteiger partial charge in [-0.1, -0.05) is 6.07 Å². The molecule has 3 rings (SSSR count). The van der Waals surface area contributed by atoms with Crippen molar-refractivity contribution in [1.82, 2.24) is 5.32 Å². The number of rotatable bonds is 6. The van der Waals surface area contributed by atoms with Gasteiger partial charge in [-0.25, -0.2) is 0 Å². The topological polar surface area (TPSA) is 39.1 Å². The van der Waals surface area contributed by atoms with Crippen molar-refractivity contribution in [2.24, 2.45) is 5.92 Å². The molecular weight excluding hydrogens is 234 g/mol. The Morgan fingerprint density at radius 3 is 2.68 bits per heavy atom. The van der Waals surface area contributed by atoms with Crippen LogP contribution in [-0.4, -0.2) is 19.6 Å². The Hall–Kier alpha value is -1.53. The van der Waals surface area contributed by atoms with Crippen molar-refractivity contribution in [2.45, 2.75) is 38.3 Å². The van der Waals surface area contributed by atoms with Crippen molar-refractivity contribution in [2.75, 3.05) is 18.5 Å². The number of anilines is 1. The predicted molar refractivity (Wildman–Crippen MR) is 77.0 cm³/mol. The number of nitrogens with zero attached hydrogens (tertiary/aromatic N) is 2. The lowest BCUT2D eigenvalue weighted by Gasteiger charge is -2.26. The summed E-state index contributed by atoms with van der Waals surface area (Å²) in [6.45, 7) is 1.96. The van der Waals surface area contributed by atoms with E-state index in [1.165, 1.54) is 31.2 Å². The first-order valence-electron chi connectivity index (χ1n) is 7.26. The van der Waals surface area contributed by atoms with E-state index in [-0.39, 0.29) is 0 Å². The molecule has 0 radical (unpaired) electrons. The largest absolute Gasteiger partial charge is 0.367 e. The van der Waals surface area contributed by atoms with E-state index in [0.29, 0.717) is 6.04 Å². The molecule has 19 heavy (non-hydrogen) atoms. The second-order valence-electron chi connectivity index (χ2n) is 5.82. The Labute approximate surface area is 115 Å². The van der Waals surface area contributed by atoms with Gasteiger partial charge < -0.3 is 10.2 Å². The van der Waals surface area contributed by atoms with Gasteiger partial charge in [0, 0.05) is 19.1 Å². The molecule has 2 fully saturated rings. The molecule has 0 bridgehead atoms. The molecule has 0 atom stereocenters. The summed E-state index contributed by atoms with van der Waals surface area (Å²) in [5.74, 6) is 0.865. The highest BCUT2D eigenvalue weighted by atomic mass is 15.2. The number of hydrogen-bond acceptors (Lipinski definition) is 3. The first kappa shape index (κ1) is 12.5. The fourth-order valence-corrected chi connectivity index (χ4v) is 2.65. The molecule has 1 aromatic rings. The second-order valence-corrected chi connectivity index (χ2v) is 5.82. The highest BCUT2D eigenvalue weighted by Crippen LogP contribution is 2.38. The van der Waals surface area contributed by atoms with E-state index >= 15 is 0 Å². The Balaban J connectivity index is 1.86. The molecule has 2 aliphatic carbocycles. The van der Waals surface area contributed by atoms with Gasteiger partial charge in [-0.05, 0) is 56.3 Å². The van der Waals surface area contributed by atoms with Gasteiger partial charge in [0.05, 0.1) is 11.3 Å². The lowest BCUT2D eigenvalue weighted by molar-refractivity contribution is 0.717. The van der Waals surface area contributed by atoms with Gasteiger partial charge in [0.25, 0.3) is 0 Å². The third-order valence-corrected chi connectivity index (χ3v) is 4.01. The molecule has 2 aliphatic rings. The van der Waals surface area contributed by atoms with Gasteiger partial charge >= 0.3 is 0 Å². The minimum atomic E-state index is 0.683. The minimum Gasteiger partial charge on any atom is -0.367 e. The minimum absolute atomic E-state index is 0.683. The summed E-state index contributed by atoms with van der Waals surface area (Å²) in [7, 11) is 1.93. The summed E-state index contributed by atoms with van der Waals surface area (Å²) < 4.78 is 0. The van der Waals surface area contributed by atoms with Crippen LogP contribution >= 0.6 is 0 Å². The van der Waals surface area contributed by atoms with Crippen molar-refractivity contribution < 1.29 is 0 Å². The first-order valence-corrected chi connectivity index (χ1v) is 7.26. The number of hydrogen-bond donors (Lipinski definition) is 1. The fraction of sp³-hybridized carbons (Fsp3) is 0.562. The molecule has 3 heteroatoms. The van der Waals surface area contributed by atoms with Gasteiger partial charge in [0.15, 0.2) is 0 Å². The van der Waals surface area contributed by atoms with Crippen LogP contribution in [0.4, 0.5) is 5.69 Å². The summed E-state index contributed by atoms with van der Waals surface area (Å²) >= 11 is 0. The zero-order chi connectivity index (χ0) is 13.2. The Kier molecular flexibility index (Phi) is 3.44. The van der Waals surface area contributed by atoms with Crippen LogP contribution < -0.4 is 10.2 Å². The number of nitrogens with one attached hydrogen (secondary N) is 1. The third kappa shape index (κ3) is 2.90. The molecular formula is C16H21N3. The summed E-state index contributed by atoms with van der Waals surface area (Å²) in [5, 5.41) is 12.6. The maximum Gasteiger partial charge on any atom is 0.101 e. The lowest BCUT2D eigenvalue weighted by Crippen LogP contribution is -2.28. The Bertz CT molecular complexity index is 495. The van der Waals surface area contributed by atoms with Gasteiger partial charge in [0.2, 0.25) is 0 Å². The average molecular weight is 255 g/mol. The normalized spacial score (nSPS) is 18.1. The van der Waals surface area contributed by atoms with E-state index in [4.69, 9.17) is 0 Å². The van der Waals surface area contributed by atoms with Crippen LogP contribution in [0.25, 0.3) is 0 Å². The fourth-order valence-electron chi connectivity index (χ4n) is 2.65. The quantitative estimate of drug-likeness (QED) is 0.849. The molecule has 2 saturated carbocycles. The van der Waals surface area contributed by atoms with Crippen LogP contribution in [0.2, 0.25) is 0 Å². The predicted octanol–water partition coefficient (Wildman–Crippen LogP) is 2.66. The van der Waals surface area contributed by atoms with Crippen molar-refractivity contribution >= 4 is 5.69 Å². The lowest BCUT2D eigenvalue weighted by atomic mass is 10.1. The molecule has 1 N–H and O–H groups in total. The molecule has 0 aromatic heterocycles.